The minimum Gasteiger partial charge on any atom is -0.381 e. The molecule has 2 heterocycles. The standard InChI is InChI=1S/C13H21BrN2O/c1-3-11-8-12(16(2)15-11)9-13(10-14)4-6-17-7-5-13/h8H,3-7,9-10H2,1-2H3. The van der Waals surface area contributed by atoms with E-state index < -0.39 is 0 Å². The first-order chi connectivity index (χ1) is 8.19. The second-order valence-corrected chi connectivity index (χ2v) is 5.59. The fourth-order valence-electron chi connectivity index (χ4n) is 2.46. The first-order valence-electron chi connectivity index (χ1n) is 6.34. The average molecular weight is 301 g/mol. The highest BCUT2D eigenvalue weighted by molar-refractivity contribution is 9.09. The van der Waals surface area contributed by atoms with Gasteiger partial charge < -0.3 is 4.74 Å². The molecule has 3 nitrogen and oxygen atoms in total. The molecule has 1 fully saturated rings. The predicted molar refractivity (Wildman–Crippen MR) is 72.6 cm³/mol. The Kier molecular flexibility index (Phi) is 4.26. The van der Waals surface area contributed by atoms with E-state index in [0.717, 1.165) is 44.2 Å². The molecular formula is C13H21BrN2O. The molecular weight excluding hydrogens is 280 g/mol. The molecule has 1 saturated heterocycles. The van der Waals surface area contributed by atoms with Gasteiger partial charge in [-0.3, -0.25) is 4.68 Å². The maximum Gasteiger partial charge on any atom is 0.0624 e. The molecule has 0 N–H and O–H groups in total. The minimum absolute atomic E-state index is 0.358. The molecule has 0 atom stereocenters. The lowest BCUT2D eigenvalue weighted by Gasteiger charge is -2.35. The quantitative estimate of drug-likeness (QED) is 0.800. The molecule has 1 aromatic rings. The van der Waals surface area contributed by atoms with Crippen molar-refractivity contribution < 1.29 is 4.74 Å². The van der Waals surface area contributed by atoms with Gasteiger partial charge in [0.05, 0.1) is 5.69 Å². The Morgan fingerprint density at radius 3 is 2.71 bits per heavy atom. The number of aromatic nitrogens is 2. The van der Waals surface area contributed by atoms with Gasteiger partial charge in [0.1, 0.15) is 0 Å². The van der Waals surface area contributed by atoms with Crippen LogP contribution < -0.4 is 0 Å². The van der Waals surface area contributed by atoms with Crippen LogP contribution in [0.25, 0.3) is 0 Å². The van der Waals surface area contributed by atoms with Crippen molar-refractivity contribution >= 4 is 15.9 Å². The number of hydrogen-bond donors (Lipinski definition) is 0. The monoisotopic (exact) mass is 300 g/mol. The van der Waals surface area contributed by atoms with Gasteiger partial charge in [-0.05, 0) is 37.2 Å². The van der Waals surface area contributed by atoms with Crippen molar-refractivity contribution in [2.24, 2.45) is 12.5 Å². The van der Waals surface area contributed by atoms with Gasteiger partial charge in [0.15, 0.2) is 0 Å². The van der Waals surface area contributed by atoms with Crippen LogP contribution in [0.15, 0.2) is 6.07 Å². The summed E-state index contributed by atoms with van der Waals surface area (Å²) in [5, 5.41) is 5.58. The molecule has 0 spiro atoms. The van der Waals surface area contributed by atoms with Gasteiger partial charge in [-0.15, -0.1) is 0 Å². The summed E-state index contributed by atoms with van der Waals surface area (Å²) in [6, 6.07) is 2.25. The van der Waals surface area contributed by atoms with E-state index in [2.05, 4.69) is 41.1 Å². The van der Waals surface area contributed by atoms with Crippen LogP contribution in [0.3, 0.4) is 0 Å². The normalized spacial score (nSPS) is 19.5. The molecule has 2 rings (SSSR count). The molecule has 0 bridgehead atoms. The smallest absolute Gasteiger partial charge is 0.0624 e. The topological polar surface area (TPSA) is 27.1 Å². The Hall–Kier alpha value is -0.350. The third-order valence-electron chi connectivity index (χ3n) is 3.78. The Bertz CT molecular complexity index is 369. The van der Waals surface area contributed by atoms with Gasteiger partial charge in [0.25, 0.3) is 0 Å². The molecule has 0 amide bonds. The summed E-state index contributed by atoms with van der Waals surface area (Å²) in [7, 11) is 2.05. The van der Waals surface area contributed by atoms with Crippen molar-refractivity contribution in [1.82, 2.24) is 9.78 Å². The zero-order valence-corrected chi connectivity index (χ0v) is 12.3. The Labute approximate surface area is 112 Å². The van der Waals surface area contributed by atoms with Crippen LogP contribution in [0.5, 0.6) is 0 Å². The van der Waals surface area contributed by atoms with Crippen LogP contribution in [-0.4, -0.2) is 28.3 Å². The van der Waals surface area contributed by atoms with E-state index in [9.17, 15) is 0 Å². The van der Waals surface area contributed by atoms with E-state index in [0.29, 0.717) is 5.41 Å². The van der Waals surface area contributed by atoms with E-state index in [1.165, 1.54) is 11.4 Å². The molecule has 0 saturated carbocycles. The van der Waals surface area contributed by atoms with Gasteiger partial charge in [-0.1, -0.05) is 22.9 Å². The van der Waals surface area contributed by atoms with Gasteiger partial charge in [0, 0.05) is 31.3 Å². The summed E-state index contributed by atoms with van der Waals surface area (Å²) in [5.41, 5.74) is 2.90. The van der Waals surface area contributed by atoms with Crippen LogP contribution in [0.2, 0.25) is 0 Å². The predicted octanol–water partition coefficient (Wildman–Crippen LogP) is 2.72. The number of nitrogens with zero attached hydrogens (tertiary/aromatic N) is 2. The fourth-order valence-corrected chi connectivity index (χ4v) is 3.21. The lowest BCUT2D eigenvalue weighted by atomic mass is 9.78. The van der Waals surface area contributed by atoms with Crippen molar-refractivity contribution in [1.29, 1.82) is 0 Å². The lowest BCUT2D eigenvalue weighted by Crippen LogP contribution is -2.33. The number of hydrogen-bond acceptors (Lipinski definition) is 2. The van der Waals surface area contributed by atoms with Crippen LogP contribution in [0.4, 0.5) is 0 Å². The molecule has 1 aliphatic rings. The van der Waals surface area contributed by atoms with Crippen LogP contribution in [0, 0.1) is 5.41 Å². The second-order valence-electron chi connectivity index (χ2n) is 5.03. The molecule has 4 heteroatoms. The molecule has 0 radical (unpaired) electrons. The van der Waals surface area contributed by atoms with Crippen molar-refractivity contribution in [2.45, 2.75) is 32.6 Å². The van der Waals surface area contributed by atoms with Crippen molar-refractivity contribution in [2.75, 3.05) is 18.5 Å². The fraction of sp³-hybridized carbons (Fsp3) is 0.769. The number of rotatable bonds is 4. The average Bonchev–Trinajstić information content (AvgIpc) is 2.71. The molecule has 17 heavy (non-hydrogen) atoms. The highest BCUT2D eigenvalue weighted by Gasteiger charge is 2.32. The summed E-state index contributed by atoms with van der Waals surface area (Å²) in [6.45, 7) is 3.94. The molecule has 0 unspecified atom stereocenters. The number of halogens is 1. The first kappa shape index (κ1) is 13.1. The molecule has 96 valence electrons. The zero-order valence-electron chi connectivity index (χ0n) is 10.7. The third-order valence-corrected chi connectivity index (χ3v) is 4.97. The SMILES string of the molecule is CCc1cc(CC2(CBr)CCOCC2)n(C)n1. The summed E-state index contributed by atoms with van der Waals surface area (Å²) in [6.07, 6.45) is 4.40. The van der Waals surface area contributed by atoms with E-state index in [-0.39, 0.29) is 0 Å². The Balaban J connectivity index is 2.14. The summed E-state index contributed by atoms with van der Waals surface area (Å²) < 4.78 is 7.52. The third kappa shape index (κ3) is 2.91. The zero-order chi connectivity index (χ0) is 12.3. The highest BCUT2D eigenvalue weighted by Crippen LogP contribution is 2.36. The van der Waals surface area contributed by atoms with E-state index in [1.54, 1.807) is 0 Å². The van der Waals surface area contributed by atoms with Gasteiger partial charge >= 0.3 is 0 Å². The van der Waals surface area contributed by atoms with Crippen molar-refractivity contribution in [3.8, 4) is 0 Å². The van der Waals surface area contributed by atoms with Crippen LogP contribution >= 0.6 is 15.9 Å². The van der Waals surface area contributed by atoms with E-state index in [4.69, 9.17) is 4.74 Å². The van der Waals surface area contributed by atoms with E-state index in [1.807, 2.05) is 4.68 Å². The lowest BCUT2D eigenvalue weighted by molar-refractivity contribution is 0.0262. The van der Waals surface area contributed by atoms with Crippen molar-refractivity contribution in [3.63, 3.8) is 0 Å². The number of ether oxygens (including phenoxy) is 1. The van der Waals surface area contributed by atoms with E-state index >= 15 is 0 Å². The number of aryl methyl sites for hydroxylation is 2. The van der Waals surface area contributed by atoms with Crippen molar-refractivity contribution in [3.05, 3.63) is 17.5 Å². The first-order valence-corrected chi connectivity index (χ1v) is 7.47. The van der Waals surface area contributed by atoms with Crippen LogP contribution in [-0.2, 0) is 24.6 Å². The van der Waals surface area contributed by atoms with Gasteiger partial charge in [0.2, 0.25) is 0 Å². The molecule has 0 aliphatic carbocycles. The summed E-state index contributed by atoms with van der Waals surface area (Å²) in [4.78, 5) is 0. The minimum atomic E-state index is 0.358. The molecule has 0 aromatic carbocycles. The van der Waals surface area contributed by atoms with Gasteiger partial charge in [-0.25, -0.2) is 0 Å². The summed E-state index contributed by atoms with van der Waals surface area (Å²) in [5.74, 6) is 0. The maximum atomic E-state index is 5.48. The second kappa shape index (κ2) is 5.53. The van der Waals surface area contributed by atoms with Crippen LogP contribution in [0.1, 0.15) is 31.2 Å². The Morgan fingerprint density at radius 1 is 1.47 bits per heavy atom. The largest absolute Gasteiger partial charge is 0.381 e. The maximum absolute atomic E-state index is 5.48. The number of alkyl halides is 1. The highest BCUT2D eigenvalue weighted by atomic mass is 79.9. The Morgan fingerprint density at radius 2 is 2.18 bits per heavy atom. The molecule has 1 aliphatic heterocycles. The van der Waals surface area contributed by atoms with Gasteiger partial charge in [-0.2, -0.15) is 5.10 Å². The molecule has 1 aromatic heterocycles. The summed E-state index contributed by atoms with van der Waals surface area (Å²) >= 11 is 3.69.